The molecule has 0 fully saturated rings. The Labute approximate surface area is 72.4 Å². The summed E-state index contributed by atoms with van der Waals surface area (Å²) in [6, 6.07) is 7.92. The Bertz CT molecular complexity index is 315. The number of fused-ring (bicyclic) bond motifs is 1. The van der Waals surface area contributed by atoms with Crippen LogP contribution in [-0.4, -0.2) is 5.78 Å². The molecule has 0 radical (unpaired) electrons. The third kappa shape index (κ3) is 0.893. The lowest BCUT2D eigenvalue weighted by molar-refractivity contribution is 0.0921. The van der Waals surface area contributed by atoms with E-state index in [-0.39, 0.29) is 5.92 Å². The summed E-state index contributed by atoms with van der Waals surface area (Å²) < 4.78 is 0. The second-order valence-corrected chi connectivity index (χ2v) is 3.29. The molecule has 1 aliphatic carbocycles. The second kappa shape index (κ2) is 2.74. The van der Waals surface area contributed by atoms with Crippen molar-refractivity contribution in [1.29, 1.82) is 0 Å². The number of carbonyl (C=O) groups excluding carboxylic acids is 1. The van der Waals surface area contributed by atoms with E-state index in [1.165, 1.54) is 5.56 Å². The van der Waals surface area contributed by atoms with Gasteiger partial charge >= 0.3 is 0 Å². The maximum absolute atomic E-state index is 11.4. The average Bonchev–Trinajstić information content (AvgIpc) is 2.13. The lowest BCUT2D eigenvalue weighted by atomic mass is 9.74. The molecule has 62 valence electrons. The molecule has 1 atom stereocenters. The van der Waals surface area contributed by atoms with Crippen molar-refractivity contribution in [2.75, 3.05) is 0 Å². The predicted octanol–water partition coefficient (Wildman–Crippen LogP) is 2.77. The first kappa shape index (κ1) is 7.53. The molecule has 1 nitrogen and oxygen atoms in total. The van der Waals surface area contributed by atoms with Gasteiger partial charge in [0.2, 0.25) is 0 Å². The van der Waals surface area contributed by atoms with E-state index in [4.69, 9.17) is 0 Å². The maximum Gasteiger partial charge on any atom is 0.170 e. The molecule has 1 aliphatic rings. The Morgan fingerprint density at radius 2 is 2.08 bits per heavy atom. The van der Waals surface area contributed by atoms with E-state index in [2.05, 4.69) is 13.0 Å². The molecule has 0 spiro atoms. The maximum atomic E-state index is 11.4. The lowest BCUT2D eigenvalue weighted by Gasteiger charge is -2.27. The molecule has 2 rings (SSSR count). The van der Waals surface area contributed by atoms with E-state index in [9.17, 15) is 4.79 Å². The SMILES string of the molecule is CCCC1C(=O)c2ccccc21. The summed E-state index contributed by atoms with van der Waals surface area (Å²) in [5.41, 5.74) is 2.19. The molecule has 1 aromatic carbocycles. The first-order valence-electron chi connectivity index (χ1n) is 4.47. The van der Waals surface area contributed by atoms with E-state index in [0.717, 1.165) is 18.4 Å². The number of rotatable bonds is 2. The quantitative estimate of drug-likeness (QED) is 0.650. The van der Waals surface area contributed by atoms with Gasteiger partial charge in [-0.15, -0.1) is 0 Å². The molecular weight excluding hydrogens is 148 g/mol. The van der Waals surface area contributed by atoms with Crippen LogP contribution in [0.1, 0.15) is 41.6 Å². The van der Waals surface area contributed by atoms with Crippen LogP contribution in [0.3, 0.4) is 0 Å². The summed E-state index contributed by atoms with van der Waals surface area (Å²) in [7, 11) is 0. The van der Waals surface area contributed by atoms with Crippen LogP contribution >= 0.6 is 0 Å². The zero-order valence-electron chi connectivity index (χ0n) is 7.21. The molecule has 0 heterocycles. The minimum atomic E-state index is 0.214. The predicted molar refractivity (Wildman–Crippen MR) is 48.4 cm³/mol. The topological polar surface area (TPSA) is 17.1 Å². The molecule has 0 aliphatic heterocycles. The van der Waals surface area contributed by atoms with Gasteiger partial charge in [-0.25, -0.2) is 0 Å². The molecular formula is C11H12O. The van der Waals surface area contributed by atoms with Crippen LogP contribution in [-0.2, 0) is 0 Å². The van der Waals surface area contributed by atoms with Gasteiger partial charge in [-0.05, 0) is 12.0 Å². The van der Waals surface area contributed by atoms with Crippen molar-refractivity contribution >= 4 is 5.78 Å². The van der Waals surface area contributed by atoms with Crippen LogP contribution in [0.4, 0.5) is 0 Å². The molecule has 0 saturated heterocycles. The highest BCUT2D eigenvalue weighted by molar-refractivity contribution is 6.10. The van der Waals surface area contributed by atoms with Crippen molar-refractivity contribution in [2.45, 2.75) is 25.7 Å². The highest BCUT2D eigenvalue weighted by atomic mass is 16.1. The Hall–Kier alpha value is -1.11. The summed E-state index contributed by atoms with van der Waals surface area (Å²) in [6.07, 6.45) is 2.10. The first-order valence-corrected chi connectivity index (χ1v) is 4.47. The normalized spacial score (nSPS) is 20.1. The van der Waals surface area contributed by atoms with Gasteiger partial charge in [-0.1, -0.05) is 37.6 Å². The molecule has 1 unspecified atom stereocenters. The number of ketones is 1. The Balaban J connectivity index is 2.31. The van der Waals surface area contributed by atoms with Crippen molar-refractivity contribution in [2.24, 2.45) is 0 Å². The van der Waals surface area contributed by atoms with Crippen LogP contribution in [0, 0.1) is 0 Å². The highest BCUT2D eigenvalue weighted by Gasteiger charge is 2.33. The van der Waals surface area contributed by atoms with Gasteiger partial charge in [0.1, 0.15) is 0 Å². The highest BCUT2D eigenvalue weighted by Crippen LogP contribution is 2.37. The van der Waals surface area contributed by atoms with Crippen molar-refractivity contribution in [3.63, 3.8) is 0 Å². The van der Waals surface area contributed by atoms with Gasteiger partial charge in [-0.2, -0.15) is 0 Å². The minimum absolute atomic E-state index is 0.214. The number of hydrogen-bond acceptors (Lipinski definition) is 1. The van der Waals surface area contributed by atoms with Crippen LogP contribution in [0.25, 0.3) is 0 Å². The fourth-order valence-corrected chi connectivity index (χ4v) is 1.85. The third-order valence-electron chi connectivity index (χ3n) is 2.50. The zero-order chi connectivity index (χ0) is 8.55. The van der Waals surface area contributed by atoms with E-state index < -0.39 is 0 Å². The van der Waals surface area contributed by atoms with E-state index >= 15 is 0 Å². The smallest absolute Gasteiger partial charge is 0.170 e. The van der Waals surface area contributed by atoms with Crippen LogP contribution in [0.2, 0.25) is 0 Å². The molecule has 1 heteroatoms. The van der Waals surface area contributed by atoms with E-state index in [0.29, 0.717) is 5.78 Å². The van der Waals surface area contributed by atoms with Gasteiger partial charge in [0.25, 0.3) is 0 Å². The molecule has 0 amide bonds. The van der Waals surface area contributed by atoms with Gasteiger partial charge < -0.3 is 0 Å². The fraction of sp³-hybridized carbons (Fsp3) is 0.364. The second-order valence-electron chi connectivity index (χ2n) is 3.29. The Morgan fingerprint density at radius 1 is 1.33 bits per heavy atom. The summed E-state index contributed by atoms with van der Waals surface area (Å²) in [6.45, 7) is 2.12. The van der Waals surface area contributed by atoms with Crippen molar-refractivity contribution < 1.29 is 4.79 Å². The monoisotopic (exact) mass is 160 g/mol. The van der Waals surface area contributed by atoms with E-state index in [1.807, 2.05) is 18.2 Å². The first-order chi connectivity index (χ1) is 5.84. The van der Waals surface area contributed by atoms with Gasteiger partial charge in [0.05, 0.1) is 0 Å². The van der Waals surface area contributed by atoms with Crippen molar-refractivity contribution in [3.05, 3.63) is 35.4 Å². The zero-order valence-corrected chi connectivity index (χ0v) is 7.21. The van der Waals surface area contributed by atoms with Gasteiger partial charge in [0.15, 0.2) is 5.78 Å². The molecule has 0 aromatic heterocycles. The number of hydrogen-bond donors (Lipinski definition) is 0. The number of carbonyl (C=O) groups is 1. The molecule has 0 N–H and O–H groups in total. The molecule has 0 bridgehead atoms. The largest absolute Gasteiger partial charge is 0.293 e. The minimum Gasteiger partial charge on any atom is -0.293 e. The third-order valence-corrected chi connectivity index (χ3v) is 2.50. The van der Waals surface area contributed by atoms with Crippen LogP contribution in [0.5, 0.6) is 0 Å². The molecule has 12 heavy (non-hydrogen) atoms. The summed E-state index contributed by atoms with van der Waals surface area (Å²) in [5.74, 6) is 0.554. The van der Waals surface area contributed by atoms with Crippen molar-refractivity contribution in [1.82, 2.24) is 0 Å². The Kier molecular flexibility index (Phi) is 1.72. The molecule has 0 saturated carbocycles. The van der Waals surface area contributed by atoms with E-state index in [1.54, 1.807) is 0 Å². The fourth-order valence-electron chi connectivity index (χ4n) is 1.85. The average molecular weight is 160 g/mol. The summed E-state index contributed by atoms with van der Waals surface area (Å²) in [5, 5.41) is 0. The number of Topliss-reactive ketones (excluding diaryl/α,β-unsaturated/α-hetero) is 1. The molecule has 1 aromatic rings. The van der Waals surface area contributed by atoms with Gasteiger partial charge in [-0.3, -0.25) is 4.79 Å². The standard InChI is InChI=1S/C11H12O/c1-2-5-9-8-6-3-4-7-10(8)11(9)12/h3-4,6-7,9H,2,5H2,1H3. The van der Waals surface area contributed by atoms with Crippen molar-refractivity contribution in [3.8, 4) is 0 Å². The Morgan fingerprint density at radius 3 is 2.83 bits per heavy atom. The van der Waals surface area contributed by atoms with Gasteiger partial charge in [0, 0.05) is 11.5 Å². The lowest BCUT2D eigenvalue weighted by Crippen LogP contribution is -2.25. The summed E-state index contributed by atoms with van der Waals surface area (Å²) in [4.78, 5) is 11.4. The van der Waals surface area contributed by atoms with Crippen LogP contribution in [0.15, 0.2) is 24.3 Å². The summed E-state index contributed by atoms with van der Waals surface area (Å²) >= 11 is 0. The number of benzene rings is 1. The van der Waals surface area contributed by atoms with Crippen LogP contribution < -0.4 is 0 Å².